The van der Waals surface area contributed by atoms with Gasteiger partial charge in [-0.2, -0.15) is 18.2 Å². The predicted molar refractivity (Wildman–Crippen MR) is 150 cm³/mol. The number of nitrogens with zero attached hydrogens (tertiary/aromatic N) is 5. The number of likely N-dealkylation sites (tertiary alicyclic amines) is 1. The number of carbonyl (C=O) groups is 2. The number of anilines is 2. The molecule has 0 radical (unpaired) electrons. The molecular formula is C29H34F3N7O2. The van der Waals surface area contributed by atoms with Crippen molar-refractivity contribution in [2.75, 3.05) is 45.1 Å². The molecule has 1 fully saturated rings. The lowest BCUT2D eigenvalue weighted by molar-refractivity contribution is -0.148. The summed E-state index contributed by atoms with van der Waals surface area (Å²) < 4.78 is 39.1. The second kappa shape index (κ2) is 12.3. The minimum atomic E-state index is -4.34. The van der Waals surface area contributed by atoms with Crippen LogP contribution in [-0.4, -0.2) is 82.2 Å². The number of benzene rings is 1. The summed E-state index contributed by atoms with van der Waals surface area (Å²) in [6.45, 7) is 3.37. The SMILES string of the molecule is CN1CCCC(CNC(=O)c2ccc(Nc3nc4c(C5=CCN(C(=O)CCC(F)(F)F)CC5)cccn4n3)cc2)C1. The van der Waals surface area contributed by atoms with Crippen LogP contribution in [0.2, 0.25) is 0 Å². The van der Waals surface area contributed by atoms with E-state index >= 15 is 0 Å². The van der Waals surface area contributed by atoms with Crippen molar-refractivity contribution in [2.45, 2.75) is 38.3 Å². The van der Waals surface area contributed by atoms with Gasteiger partial charge in [0.2, 0.25) is 11.9 Å². The fraction of sp³-hybridized carbons (Fsp3) is 0.448. The topological polar surface area (TPSA) is 94.9 Å². The first-order chi connectivity index (χ1) is 19.6. The summed E-state index contributed by atoms with van der Waals surface area (Å²) >= 11 is 0. The minimum Gasteiger partial charge on any atom is -0.352 e. The Morgan fingerprint density at radius 3 is 2.63 bits per heavy atom. The molecule has 2 N–H and O–H groups in total. The van der Waals surface area contributed by atoms with Gasteiger partial charge in [0.05, 0.1) is 6.42 Å². The van der Waals surface area contributed by atoms with Gasteiger partial charge >= 0.3 is 6.18 Å². The number of amides is 2. The Hall–Kier alpha value is -3.93. The minimum absolute atomic E-state index is 0.0957. The third kappa shape index (κ3) is 7.43. The zero-order valence-electron chi connectivity index (χ0n) is 23.0. The molecule has 9 nitrogen and oxygen atoms in total. The van der Waals surface area contributed by atoms with E-state index in [1.807, 2.05) is 30.3 Å². The number of halogens is 3. The van der Waals surface area contributed by atoms with Crippen LogP contribution < -0.4 is 10.6 Å². The van der Waals surface area contributed by atoms with Crippen molar-refractivity contribution in [3.63, 3.8) is 0 Å². The smallest absolute Gasteiger partial charge is 0.352 e. The molecule has 0 saturated carbocycles. The summed E-state index contributed by atoms with van der Waals surface area (Å²) in [4.78, 5) is 33.2. The van der Waals surface area contributed by atoms with E-state index in [1.165, 1.54) is 4.90 Å². The van der Waals surface area contributed by atoms with Crippen LogP contribution in [0.15, 0.2) is 48.7 Å². The zero-order valence-corrected chi connectivity index (χ0v) is 23.0. The highest BCUT2D eigenvalue weighted by Crippen LogP contribution is 2.28. The van der Waals surface area contributed by atoms with Crippen molar-refractivity contribution in [3.8, 4) is 0 Å². The number of nitrogens with one attached hydrogen (secondary N) is 2. The Morgan fingerprint density at radius 2 is 1.93 bits per heavy atom. The zero-order chi connectivity index (χ0) is 29.0. The van der Waals surface area contributed by atoms with Gasteiger partial charge in [-0.05, 0) is 80.7 Å². The standard InChI is InChI=1S/C29H34F3N7O2/c1-37-14-2-4-20(19-37)18-33-27(41)22-6-8-23(9-7-22)34-28-35-26-24(5-3-15-39(26)36-28)21-11-16-38(17-12-21)25(40)10-13-29(30,31)32/h3,5-9,11,15,20H,2,4,10,12-14,16-19H2,1H3,(H,33,41)(H,34,36). The van der Waals surface area contributed by atoms with Gasteiger partial charge in [0, 0.05) is 55.6 Å². The summed E-state index contributed by atoms with van der Waals surface area (Å²) in [5.41, 5.74) is 3.76. The number of piperidine rings is 1. The molecule has 41 heavy (non-hydrogen) atoms. The summed E-state index contributed by atoms with van der Waals surface area (Å²) in [5, 5.41) is 10.7. The van der Waals surface area contributed by atoms with Crippen LogP contribution in [0.1, 0.15) is 48.0 Å². The average molecular weight is 570 g/mol. The molecule has 0 spiro atoms. The number of hydrogen-bond donors (Lipinski definition) is 2. The monoisotopic (exact) mass is 569 g/mol. The van der Waals surface area contributed by atoms with E-state index in [1.54, 1.807) is 22.8 Å². The molecule has 2 aliphatic heterocycles. The van der Waals surface area contributed by atoms with E-state index in [4.69, 9.17) is 0 Å². The maximum atomic E-state index is 12.6. The molecule has 0 bridgehead atoms. The molecule has 4 heterocycles. The lowest BCUT2D eigenvalue weighted by Gasteiger charge is -2.29. The third-order valence-electron chi connectivity index (χ3n) is 7.57. The van der Waals surface area contributed by atoms with Crippen molar-refractivity contribution in [2.24, 2.45) is 5.92 Å². The predicted octanol–water partition coefficient (Wildman–Crippen LogP) is 4.50. The fourth-order valence-electron chi connectivity index (χ4n) is 5.37. The second-order valence-electron chi connectivity index (χ2n) is 10.7. The Labute approximate surface area is 236 Å². The second-order valence-corrected chi connectivity index (χ2v) is 10.7. The molecule has 2 amide bonds. The van der Waals surface area contributed by atoms with Crippen LogP contribution in [0.3, 0.4) is 0 Å². The molecule has 3 aromatic rings. The number of fused-ring (bicyclic) bond motifs is 1. The maximum absolute atomic E-state index is 12.6. The number of aromatic nitrogens is 3. The molecule has 5 rings (SSSR count). The summed E-state index contributed by atoms with van der Waals surface area (Å²) in [5.74, 6) is 0.266. The number of pyridine rings is 1. The van der Waals surface area contributed by atoms with Crippen molar-refractivity contribution in [3.05, 3.63) is 59.8 Å². The number of alkyl halides is 3. The van der Waals surface area contributed by atoms with Gasteiger partial charge in [0.15, 0.2) is 5.65 Å². The molecule has 218 valence electrons. The highest BCUT2D eigenvalue weighted by Gasteiger charge is 2.29. The molecule has 2 aromatic heterocycles. The van der Waals surface area contributed by atoms with Gasteiger partial charge in [-0.25, -0.2) is 4.52 Å². The van der Waals surface area contributed by atoms with Crippen molar-refractivity contribution < 1.29 is 22.8 Å². The molecule has 1 atom stereocenters. The first kappa shape index (κ1) is 28.6. The normalized spacial score (nSPS) is 18.3. The summed E-state index contributed by atoms with van der Waals surface area (Å²) in [7, 11) is 2.11. The number of carbonyl (C=O) groups excluding carboxylic acids is 2. The van der Waals surface area contributed by atoms with E-state index in [0.29, 0.717) is 42.6 Å². The van der Waals surface area contributed by atoms with Crippen LogP contribution >= 0.6 is 0 Å². The fourth-order valence-corrected chi connectivity index (χ4v) is 5.37. The molecule has 0 aliphatic carbocycles. The van der Waals surface area contributed by atoms with E-state index in [-0.39, 0.29) is 12.5 Å². The molecule has 1 saturated heterocycles. The molecule has 2 aliphatic rings. The molecule has 1 aromatic carbocycles. The average Bonchev–Trinajstić information content (AvgIpc) is 3.37. The molecular weight excluding hydrogens is 535 g/mol. The Kier molecular flexibility index (Phi) is 8.57. The number of rotatable bonds is 8. The van der Waals surface area contributed by atoms with Gasteiger partial charge in [-0.1, -0.05) is 6.08 Å². The molecule has 12 heteroatoms. The van der Waals surface area contributed by atoms with Gasteiger partial charge in [0.1, 0.15) is 0 Å². The van der Waals surface area contributed by atoms with Crippen LogP contribution in [0, 0.1) is 5.92 Å². The van der Waals surface area contributed by atoms with Gasteiger partial charge < -0.3 is 20.4 Å². The molecule has 1 unspecified atom stereocenters. The Balaban J connectivity index is 1.20. The first-order valence-corrected chi connectivity index (χ1v) is 13.9. The van der Waals surface area contributed by atoms with Crippen LogP contribution in [0.4, 0.5) is 24.8 Å². The van der Waals surface area contributed by atoms with E-state index in [0.717, 1.165) is 42.8 Å². The van der Waals surface area contributed by atoms with Crippen LogP contribution in [0.5, 0.6) is 0 Å². The van der Waals surface area contributed by atoms with E-state index in [2.05, 4.69) is 32.7 Å². The largest absolute Gasteiger partial charge is 0.389 e. The van der Waals surface area contributed by atoms with Gasteiger partial charge in [-0.3, -0.25) is 9.59 Å². The highest BCUT2D eigenvalue weighted by molar-refractivity contribution is 5.94. The summed E-state index contributed by atoms with van der Waals surface area (Å²) in [6, 6.07) is 10.9. The van der Waals surface area contributed by atoms with Crippen molar-refractivity contribution in [1.29, 1.82) is 0 Å². The quantitative estimate of drug-likeness (QED) is 0.415. The first-order valence-electron chi connectivity index (χ1n) is 13.9. The van der Waals surface area contributed by atoms with E-state index < -0.39 is 24.9 Å². The van der Waals surface area contributed by atoms with Crippen molar-refractivity contribution >= 4 is 34.7 Å². The maximum Gasteiger partial charge on any atom is 0.389 e. The van der Waals surface area contributed by atoms with Gasteiger partial charge in [-0.15, -0.1) is 5.10 Å². The lowest BCUT2D eigenvalue weighted by atomic mass is 9.98. The number of hydrogen-bond acceptors (Lipinski definition) is 6. The summed E-state index contributed by atoms with van der Waals surface area (Å²) in [6.07, 6.45) is 0.447. The lowest BCUT2D eigenvalue weighted by Crippen LogP contribution is -2.39. The van der Waals surface area contributed by atoms with Gasteiger partial charge in [0.25, 0.3) is 5.91 Å². The third-order valence-corrected chi connectivity index (χ3v) is 7.57. The Bertz CT molecular complexity index is 1420. The highest BCUT2D eigenvalue weighted by atomic mass is 19.4. The van der Waals surface area contributed by atoms with Crippen LogP contribution in [0.25, 0.3) is 11.2 Å². The Morgan fingerprint density at radius 1 is 1.12 bits per heavy atom. The van der Waals surface area contributed by atoms with E-state index in [9.17, 15) is 22.8 Å². The van der Waals surface area contributed by atoms with Crippen LogP contribution in [-0.2, 0) is 4.79 Å². The van der Waals surface area contributed by atoms with Crippen molar-refractivity contribution in [1.82, 2.24) is 29.7 Å².